The van der Waals surface area contributed by atoms with E-state index in [4.69, 9.17) is 10.5 Å². The number of carbonyl (C=O) groups excluding carboxylic acids is 1. The summed E-state index contributed by atoms with van der Waals surface area (Å²) in [5.74, 6) is 0.671. The van der Waals surface area contributed by atoms with Crippen molar-refractivity contribution in [2.45, 2.75) is 39.2 Å². The molecule has 1 amide bonds. The van der Waals surface area contributed by atoms with Crippen LogP contribution in [-0.4, -0.2) is 31.7 Å². The third-order valence-corrected chi connectivity index (χ3v) is 3.38. The van der Waals surface area contributed by atoms with Gasteiger partial charge >= 0.3 is 0 Å². The molecule has 0 aromatic rings. The van der Waals surface area contributed by atoms with Crippen LogP contribution >= 0.6 is 0 Å². The third-order valence-electron chi connectivity index (χ3n) is 3.38. The van der Waals surface area contributed by atoms with Gasteiger partial charge in [-0.05, 0) is 24.7 Å². The number of hydrogen-bond donors (Lipinski definition) is 2. The quantitative estimate of drug-likeness (QED) is 0.735. The van der Waals surface area contributed by atoms with Crippen LogP contribution in [0.15, 0.2) is 0 Å². The highest BCUT2D eigenvalue weighted by Gasteiger charge is 2.21. The van der Waals surface area contributed by atoms with Gasteiger partial charge in [0, 0.05) is 13.2 Å². The predicted molar refractivity (Wildman–Crippen MR) is 64.0 cm³/mol. The van der Waals surface area contributed by atoms with Crippen LogP contribution in [0.4, 0.5) is 0 Å². The van der Waals surface area contributed by atoms with E-state index in [0.717, 1.165) is 32.5 Å². The van der Waals surface area contributed by atoms with Gasteiger partial charge in [0.25, 0.3) is 0 Å². The Kier molecular flexibility index (Phi) is 5.77. The van der Waals surface area contributed by atoms with Crippen LogP contribution in [-0.2, 0) is 9.53 Å². The Labute approximate surface area is 97.9 Å². The van der Waals surface area contributed by atoms with Gasteiger partial charge in [0.2, 0.25) is 5.91 Å². The fourth-order valence-electron chi connectivity index (χ4n) is 1.84. The number of amides is 1. The maximum Gasteiger partial charge on any atom is 0.237 e. The minimum Gasteiger partial charge on any atom is -0.381 e. The molecular formula is C12H24N2O2. The van der Waals surface area contributed by atoms with Crippen molar-refractivity contribution in [3.05, 3.63) is 0 Å². The lowest BCUT2D eigenvalue weighted by atomic mass is 9.98. The normalized spacial score (nSPS) is 24.8. The second-order valence-electron chi connectivity index (χ2n) is 4.74. The summed E-state index contributed by atoms with van der Waals surface area (Å²) in [6.07, 6.45) is 3.16. The first kappa shape index (κ1) is 13.5. The zero-order valence-corrected chi connectivity index (χ0v) is 10.4. The van der Waals surface area contributed by atoms with Gasteiger partial charge in [-0.3, -0.25) is 4.79 Å². The maximum absolute atomic E-state index is 11.7. The van der Waals surface area contributed by atoms with Gasteiger partial charge in [-0.15, -0.1) is 0 Å². The summed E-state index contributed by atoms with van der Waals surface area (Å²) >= 11 is 0. The molecule has 0 bridgehead atoms. The number of carbonyl (C=O) groups is 1. The Morgan fingerprint density at radius 1 is 1.62 bits per heavy atom. The van der Waals surface area contributed by atoms with Crippen molar-refractivity contribution < 1.29 is 9.53 Å². The molecule has 4 heteroatoms. The van der Waals surface area contributed by atoms with Gasteiger partial charge in [0.05, 0.1) is 12.6 Å². The molecule has 0 aromatic heterocycles. The standard InChI is InChI=1S/C12H24N2O2/c1-3-9(2)11(13)12(15)14-7-10-5-4-6-16-8-10/h9-11H,3-8,13H2,1-2H3,(H,14,15)/t9-,10?,11-/m0/s1. The molecule has 1 heterocycles. The Morgan fingerprint density at radius 2 is 2.38 bits per heavy atom. The van der Waals surface area contributed by atoms with Crippen LogP contribution in [0.1, 0.15) is 33.1 Å². The van der Waals surface area contributed by atoms with Crippen LogP contribution in [0, 0.1) is 11.8 Å². The summed E-state index contributed by atoms with van der Waals surface area (Å²) in [6.45, 7) is 6.37. The molecule has 0 radical (unpaired) electrons. The van der Waals surface area contributed by atoms with Crippen molar-refractivity contribution in [2.75, 3.05) is 19.8 Å². The molecule has 16 heavy (non-hydrogen) atoms. The lowest BCUT2D eigenvalue weighted by Gasteiger charge is -2.24. The van der Waals surface area contributed by atoms with E-state index < -0.39 is 0 Å². The Hall–Kier alpha value is -0.610. The highest BCUT2D eigenvalue weighted by Crippen LogP contribution is 2.12. The Balaban J connectivity index is 2.23. The lowest BCUT2D eigenvalue weighted by molar-refractivity contribution is -0.123. The predicted octanol–water partition coefficient (Wildman–Crippen LogP) is 0.903. The molecule has 0 aliphatic carbocycles. The van der Waals surface area contributed by atoms with Gasteiger partial charge in [0.1, 0.15) is 0 Å². The molecule has 4 nitrogen and oxygen atoms in total. The monoisotopic (exact) mass is 228 g/mol. The average Bonchev–Trinajstić information content (AvgIpc) is 2.35. The van der Waals surface area contributed by atoms with Gasteiger partial charge in [-0.1, -0.05) is 20.3 Å². The zero-order valence-electron chi connectivity index (χ0n) is 10.4. The van der Waals surface area contributed by atoms with E-state index in [9.17, 15) is 4.79 Å². The van der Waals surface area contributed by atoms with Crippen molar-refractivity contribution in [2.24, 2.45) is 17.6 Å². The fourth-order valence-corrected chi connectivity index (χ4v) is 1.84. The van der Waals surface area contributed by atoms with E-state index in [2.05, 4.69) is 5.32 Å². The first-order chi connectivity index (χ1) is 7.65. The van der Waals surface area contributed by atoms with Gasteiger partial charge < -0.3 is 15.8 Å². The molecule has 94 valence electrons. The second-order valence-corrected chi connectivity index (χ2v) is 4.74. The number of nitrogens with two attached hydrogens (primary N) is 1. The molecule has 1 unspecified atom stereocenters. The van der Waals surface area contributed by atoms with E-state index in [0.29, 0.717) is 12.5 Å². The number of rotatable bonds is 5. The molecule has 0 aromatic carbocycles. The molecule has 3 N–H and O–H groups in total. The minimum absolute atomic E-state index is 0.0278. The van der Waals surface area contributed by atoms with Gasteiger partial charge in [-0.25, -0.2) is 0 Å². The van der Waals surface area contributed by atoms with E-state index in [1.165, 1.54) is 0 Å². The first-order valence-corrected chi connectivity index (χ1v) is 6.26. The maximum atomic E-state index is 11.7. The SMILES string of the molecule is CC[C@H](C)[C@H](N)C(=O)NCC1CCCOC1. The summed E-state index contributed by atoms with van der Waals surface area (Å²) in [5.41, 5.74) is 5.84. The van der Waals surface area contributed by atoms with Gasteiger partial charge in [0.15, 0.2) is 0 Å². The van der Waals surface area contributed by atoms with Crippen LogP contribution in [0.5, 0.6) is 0 Å². The number of hydrogen-bond acceptors (Lipinski definition) is 3. The molecular weight excluding hydrogens is 204 g/mol. The average molecular weight is 228 g/mol. The molecule has 0 saturated carbocycles. The summed E-state index contributed by atoms with van der Waals surface area (Å²) in [7, 11) is 0. The summed E-state index contributed by atoms with van der Waals surface area (Å²) in [4.78, 5) is 11.7. The topological polar surface area (TPSA) is 64.4 Å². The molecule has 1 aliphatic rings. The van der Waals surface area contributed by atoms with E-state index in [1.54, 1.807) is 0 Å². The molecule has 0 spiro atoms. The van der Waals surface area contributed by atoms with Crippen molar-refractivity contribution in [1.29, 1.82) is 0 Å². The van der Waals surface area contributed by atoms with Crippen LogP contribution in [0.3, 0.4) is 0 Å². The second kappa shape index (κ2) is 6.86. The number of ether oxygens (including phenoxy) is 1. The van der Waals surface area contributed by atoms with Gasteiger partial charge in [-0.2, -0.15) is 0 Å². The highest BCUT2D eigenvalue weighted by atomic mass is 16.5. The van der Waals surface area contributed by atoms with E-state index >= 15 is 0 Å². The summed E-state index contributed by atoms with van der Waals surface area (Å²) in [6, 6.07) is -0.380. The van der Waals surface area contributed by atoms with Crippen molar-refractivity contribution in [3.63, 3.8) is 0 Å². The molecule has 1 saturated heterocycles. The summed E-state index contributed by atoms with van der Waals surface area (Å²) in [5, 5.41) is 2.92. The largest absolute Gasteiger partial charge is 0.381 e. The van der Waals surface area contributed by atoms with E-state index in [-0.39, 0.29) is 17.9 Å². The lowest BCUT2D eigenvalue weighted by Crippen LogP contribution is -2.46. The van der Waals surface area contributed by atoms with Crippen molar-refractivity contribution >= 4 is 5.91 Å². The third kappa shape index (κ3) is 4.10. The van der Waals surface area contributed by atoms with Crippen molar-refractivity contribution in [3.8, 4) is 0 Å². The Morgan fingerprint density at radius 3 is 2.94 bits per heavy atom. The highest BCUT2D eigenvalue weighted by molar-refractivity contribution is 5.81. The number of nitrogens with one attached hydrogen (secondary N) is 1. The van der Waals surface area contributed by atoms with Crippen LogP contribution in [0.2, 0.25) is 0 Å². The van der Waals surface area contributed by atoms with Crippen LogP contribution in [0.25, 0.3) is 0 Å². The van der Waals surface area contributed by atoms with E-state index in [1.807, 2.05) is 13.8 Å². The molecule has 1 rings (SSSR count). The fraction of sp³-hybridized carbons (Fsp3) is 0.917. The Bertz CT molecular complexity index is 215. The molecule has 3 atom stereocenters. The smallest absolute Gasteiger partial charge is 0.237 e. The molecule has 1 aliphatic heterocycles. The van der Waals surface area contributed by atoms with Crippen molar-refractivity contribution in [1.82, 2.24) is 5.32 Å². The zero-order chi connectivity index (χ0) is 12.0. The first-order valence-electron chi connectivity index (χ1n) is 6.26. The van der Waals surface area contributed by atoms with Crippen LogP contribution < -0.4 is 11.1 Å². The molecule has 1 fully saturated rings. The minimum atomic E-state index is -0.380. The summed E-state index contributed by atoms with van der Waals surface area (Å²) < 4.78 is 5.36.